The lowest BCUT2D eigenvalue weighted by molar-refractivity contribution is -0.154. The van der Waals surface area contributed by atoms with Crippen LogP contribution in [0.4, 0.5) is 0 Å². The Morgan fingerprint density at radius 2 is 0.800 bits per heavy atom. The Hall–Kier alpha value is -2.58. The predicted molar refractivity (Wildman–Crippen MR) is 302 cm³/mol. The molecule has 0 bridgehead atoms. The SMILES string of the molecule is CC/C=C\C/C=C\C/C=C\C/C=C\C/C=C\CCCCCCCCCCCC(=O)OC(COCCCCCCCCCCCCC/C=C\C/C=C\C/C=C\CCCCCCC)COP(=O)(O)OCCN. The van der Waals surface area contributed by atoms with E-state index in [1.54, 1.807) is 0 Å². The quantitative estimate of drug-likeness (QED) is 0.0268. The second kappa shape index (κ2) is 57.3. The molecule has 0 heterocycles. The number of nitrogens with two attached hydrogens (primary N) is 1. The van der Waals surface area contributed by atoms with Crippen LogP contribution in [-0.4, -0.2) is 49.9 Å². The molecule has 0 spiro atoms. The molecule has 2 unspecified atom stereocenters. The molecule has 0 aliphatic rings. The summed E-state index contributed by atoms with van der Waals surface area (Å²) >= 11 is 0. The molecule has 0 aromatic rings. The van der Waals surface area contributed by atoms with Gasteiger partial charge in [-0.2, -0.15) is 0 Å². The normalized spacial score (nSPS) is 13.9. The molecule has 0 aromatic heterocycles. The van der Waals surface area contributed by atoms with E-state index in [-0.39, 0.29) is 32.3 Å². The highest BCUT2D eigenvalue weighted by atomic mass is 31.2. The molecular formula is C61H108NO7P. The molecule has 70 heavy (non-hydrogen) atoms. The van der Waals surface area contributed by atoms with Gasteiger partial charge >= 0.3 is 13.8 Å². The van der Waals surface area contributed by atoms with Crippen LogP contribution < -0.4 is 5.73 Å². The molecule has 0 radical (unpaired) electrons. The zero-order chi connectivity index (χ0) is 50.8. The topological polar surface area (TPSA) is 117 Å². The van der Waals surface area contributed by atoms with E-state index < -0.39 is 13.9 Å². The second-order valence-electron chi connectivity index (χ2n) is 18.8. The number of rotatable bonds is 54. The Morgan fingerprint density at radius 3 is 1.20 bits per heavy atom. The van der Waals surface area contributed by atoms with Crippen LogP contribution in [0.5, 0.6) is 0 Å². The van der Waals surface area contributed by atoms with Crippen molar-refractivity contribution in [1.29, 1.82) is 0 Å². The Kier molecular flexibility index (Phi) is 55.2. The van der Waals surface area contributed by atoms with Crippen LogP contribution in [0.15, 0.2) is 97.2 Å². The van der Waals surface area contributed by atoms with Gasteiger partial charge in [-0.05, 0) is 96.3 Å². The summed E-state index contributed by atoms with van der Waals surface area (Å²) in [5.74, 6) is -0.339. The van der Waals surface area contributed by atoms with Gasteiger partial charge in [0.2, 0.25) is 0 Å². The first kappa shape index (κ1) is 67.4. The number of carbonyl (C=O) groups is 1. The first-order valence-electron chi connectivity index (χ1n) is 28.7. The molecule has 0 aliphatic heterocycles. The smallest absolute Gasteiger partial charge is 0.457 e. The van der Waals surface area contributed by atoms with Crippen molar-refractivity contribution in [2.45, 2.75) is 251 Å². The number of phosphoric ester groups is 1. The predicted octanol–water partition coefficient (Wildman–Crippen LogP) is 18.5. The van der Waals surface area contributed by atoms with Gasteiger partial charge in [-0.25, -0.2) is 4.57 Å². The molecule has 8 nitrogen and oxygen atoms in total. The molecule has 0 amide bonds. The van der Waals surface area contributed by atoms with Gasteiger partial charge in [0.05, 0.1) is 19.8 Å². The number of unbranched alkanes of at least 4 members (excludes halogenated alkanes) is 25. The number of hydrogen-bond acceptors (Lipinski definition) is 7. The minimum Gasteiger partial charge on any atom is -0.457 e. The van der Waals surface area contributed by atoms with E-state index in [4.69, 9.17) is 24.3 Å². The summed E-state index contributed by atoms with van der Waals surface area (Å²) in [5, 5.41) is 0. The van der Waals surface area contributed by atoms with Crippen LogP contribution in [0.3, 0.4) is 0 Å². The van der Waals surface area contributed by atoms with Gasteiger partial charge in [0.1, 0.15) is 6.10 Å². The zero-order valence-corrected chi connectivity index (χ0v) is 46.1. The first-order valence-corrected chi connectivity index (χ1v) is 30.2. The summed E-state index contributed by atoms with van der Waals surface area (Å²) in [7, 11) is -4.30. The average molecular weight is 999 g/mol. The van der Waals surface area contributed by atoms with E-state index in [0.29, 0.717) is 13.0 Å². The van der Waals surface area contributed by atoms with Gasteiger partial charge in [-0.15, -0.1) is 0 Å². The van der Waals surface area contributed by atoms with E-state index in [2.05, 4.69) is 111 Å². The largest absolute Gasteiger partial charge is 0.472 e. The number of ether oxygens (including phenoxy) is 2. The fourth-order valence-corrected chi connectivity index (χ4v) is 8.56. The number of hydrogen-bond donors (Lipinski definition) is 2. The molecule has 0 saturated carbocycles. The van der Waals surface area contributed by atoms with Crippen molar-refractivity contribution in [3.63, 3.8) is 0 Å². The maximum absolute atomic E-state index is 12.7. The van der Waals surface area contributed by atoms with Crippen molar-refractivity contribution in [2.75, 3.05) is 33.0 Å². The van der Waals surface area contributed by atoms with Crippen molar-refractivity contribution >= 4 is 13.8 Å². The number of phosphoric acid groups is 1. The van der Waals surface area contributed by atoms with Crippen molar-refractivity contribution < 1.29 is 32.8 Å². The van der Waals surface area contributed by atoms with E-state index >= 15 is 0 Å². The highest BCUT2D eigenvalue weighted by Crippen LogP contribution is 2.43. The lowest BCUT2D eigenvalue weighted by atomic mass is 10.1. The van der Waals surface area contributed by atoms with Gasteiger partial charge in [0, 0.05) is 19.6 Å². The zero-order valence-electron chi connectivity index (χ0n) is 45.2. The molecule has 0 aliphatic carbocycles. The van der Waals surface area contributed by atoms with Crippen LogP contribution in [0.1, 0.15) is 245 Å². The van der Waals surface area contributed by atoms with Gasteiger partial charge in [0.15, 0.2) is 0 Å². The maximum Gasteiger partial charge on any atom is 0.472 e. The summed E-state index contributed by atoms with van der Waals surface area (Å²) in [4.78, 5) is 22.7. The lowest BCUT2D eigenvalue weighted by Crippen LogP contribution is -2.28. The van der Waals surface area contributed by atoms with E-state index in [1.165, 1.54) is 141 Å². The van der Waals surface area contributed by atoms with E-state index in [9.17, 15) is 14.3 Å². The summed E-state index contributed by atoms with van der Waals surface area (Å²) in [6.45, 7) is 4.79. The molecule has 0 aromatic carbocycles. The van der Waals surface area contributed by atoms with Crippen LogP contribution in [0.2, 0.25) is 0 Å². The summed E-state index contributed by atoms with van der Waals surface area (Å²) in [6, 6.07) is 0. The summed E-state index contributed by atoms with van der Waals surface area (Å²) < 4.78 is 33.7. The van der Waals surface area contributed by atoms with Gasteiger partial charge in [-0.1, -0.05) is 239 Å². The lowest BCUT2D eigenvalue weighted by Gasteiger charge is -2.20. The minimum absolute atomic E-state index is 0.0943. The Balaban J connectivity index is 3.94. The monoisotopic (exact) mass is 998 g/mol. The fraction of sp³-hybridized carbons (Fsp3) is 0.721. The fourth-order valence-electron chi connectivity index (χ4n) is 7.80. The molecule has 0 saturated heterocycles. The minimum atomic E-state index is -4.30. The standard InChI is InChI=1S/C61H108NO7P/c1-3-5-7-9-11-13-15-17-19-21-23-25-27-29-31-33-35-37-39-41-43-45-47-49-51-53-56-66-58-60(59-68-70(64,65)67-57-55-62)69-61(63)54-52-50-48-46-44-42-40-38-36-34-32-30-28-26-24-22-20-18-16-14-12-10-8-6-4-2/h6,8,12,14-15,17-18,20-21,23-24,26-27,29-30,32,60H,3-5,7,9-11,13,16,19,22,25,28,31,33-59,62H2,1-2H3,(H,64,65)/b8-6-,14-12-,17-15-,20-18-,23-21-,26-24-,29-27-,32-30-. The summed E-state index contributed by atoms with van der Waals surface area (Å²) in [5.41, 5.74) is 5.40. The number of allylic oxidation sites excluding steroid dienone is 16. The third-order valence-corrected chi connectivity index (χ3v) is 13.0. The van der Waals surface area contributed by atoms with Gasteiger partial charge in [-0.3, -0.25) is 13.8 Å². The Bertz CT molecular complexity index is 1400. The van der Waals surface area contributed by atoms with Crippen LogP contribution in [-0.2, 0) is 27.9 Å². The highest BCUT2D eigenvalue weighted by molar-refractivity contribution is 7.47. The van der Waals surface area contributed by atoms with Gasteiger partial charge in [0.25, 0.3) is 0 Å². The molecular weight excluding hydrogens is 890 g/mol. The first-order chi connectivity index (χ1) is 34.4. The maximum atomic E-state index is 12.7. The molecule has 0 fully saturated rings. The molecule has 9 heteroatoms. The number of esters is 1. The van der Waals surface area contributed by atoms with Crippen LogP contribution >= 0.6 is 7.82 Å². The summed E-state index contributed by atoms with van der Waals surface area (Å²) in [6.07, 6.45) is 77.4. The van der Waals surface area contributed by atoms with Crippen LogP contribution in [0.25, 0.3) is 0 Å². The third kappa shape index (κ3) is 56.3. The van der Waals surface area contributed by atoms with E-state index in [1.807, 2.05) is 0 Å². The average Bonchev–Trinajstić information content (AvgIpc) is 3.35. The van der Waals surface area contributed by atoms with Crippen molar-refractivity contribution in [2.24, 2.45) is 5.73 Å². The Labute approximate surface area is 431 Å². The second-order valence-corrected chi connectivity index (χ2v) is 20.2. The van der Waals surface area contributed by atoms with Crippen molar-refractivity contribution in [1.82, 2.24) is 0 Å². The van der Waals surface area contributed by atoms with E-state index in [0.717, 1.165) is 83.5 Å². The Morgan fingerprint density at radius 1 is 0.443 bits per heavy atom. The molecule has 2 atom stereocenters. The number of carbonyl (C=O) groups excluding carboxylic acids is 1. The molecule has 404 valence electrons. The third-order valence-electron chi connectivity index (χ3n) is 12.0. The molecule has 3 N–H and O–H groups in total. The van der Waals surface area contributed by atoms with Gasteiger partial charge < -0.3 is 20.1 Å². The molecule has 0 rings (SSSR count). The van der Waals surface area contributed by atoms with Crippen molar-refractivity contribution in [3.05, 3.63) is 97.2 Å². The highest BCUT2D eigenvalue weighted by Gasteiger charge is 2.25. The van der Waals surface area contributed by atoms with Crippen molar-refractivity contribution in [3.8, 4) is 0 Å². The van der Waals surface area contributed by atoms with Crippen LogP contribution in [0, 0.1) is 0 Å².